The number of aldehydes is 1. The Morgan fingerprint density at radius 2 is 1.67 bits per heavy atom. The van der Waals surface area contributed by atoms with E-state index in [1.807, 2.05) is 54.9 Å². The molecule has 1 aromatic heterocycles. The summed E-state index contributed by atoms with van der Waals surface area (Å²) in [4.78, 5) is 15.2. The highest BCUT2D eigenvalue weighted by Gasteiger charge is 2.21. The summed E-state index contributed by atoms with van der Waals surface area (Å²) in [5, 5.41) is 0. The molecule has 4 heteroatoms. The Kier molecular flexibility index (Phi) is 6.43. The van der Waals surface area contributed by atoms with Crippen LogP contribution in [0.25, 0.3) is 0 Å². The topological polar surface area (TPSA) is 48.4 Å². The van der Waals surface area contributed by atoms with E-state index in [0.717, 1.165) is 42.6 Å². The number of carbonyl (C=O) groups excluding carboxylic acids is 1. The minimum Gasteiger partial charge on any atom is -0.493 e. The second kappa shape index (κ2) is 9.57. The number of ether oxygens (including phenoxy) is 2. The van der Waals surface area contributed by atoms with Crippen LogP contribution in [0.3, 0.4) is 0 Å². The monoisotopic (exact) mass is 401 g/mol. The molecule has 1 aliphatic rings. The van der Waals surface area contributed by atoms with Crippen molar-refractivity contribution in [2.24, 2.45) is 0 Å². The summed E-state index contributed by atoms with van der Waals surface area (Å²) < 4.78 is 11.9. The van der Waals surface area contributed by atoms with Crippen molar-refractivity contribution >= 4 is 6.29 Å². The third-order valence-corrected chi connectivity index (χ3v) is 5.85. The fourth-order valence-corrected chi connectivity index (χ4v) is 4.18. The van der Waals surface area contributed by atoms with Crippen LogP contribution in [-0.4, -0.2) is 24.5 Å². The number of rotatable bonds is 8. The highest BCUT2D eigenvalue weighted by atomic mass is 16.5. The lowest BCUT2D eigenvalue weighted by Crippen LogP contribution is -2.12. The fraction of sp³-hybridized carbons (Fsp3) is 0.308. The van der Waals surface area contributed by atoms with Gasteiger partial charge in [0, 0.05) is 23.9 Å². The maximum Gasteiger partial charge on any atom is 0.161 e. The van der Waals surface area contributed by atoms with Crippen molar-refractivity contribution in [1.82, 2.24) is 4.98 Å². The summed E-state index contributed by atoms with van der Waals surface area (Å²) in [6, 6.07) is 18.2. The Hall–Kier alpha value is -3.14. The van der Waals surface area contributed by atoms with E-state index >= 15 is 0 Å². The molecule has 0 amide bonds. The molecule has 0 aliphatic heterocycles. The average molecular weight is 402 g/mol. The number of carbonyl (C=O) groups is 1. The van der Waals surface area contributed by atoms with Gasteiger partial charge in [-0.15, -0.1) is 0 Å². The molecule has 0 saturated heterocycles. The summed E-state index contributed by atoms with van der Waals surface area (Å²) in [7, 11) is 1.68. The van der Waals surface area contributed by atoms with Gasteiger partial charge in [0.1, 0.15) is 6.29 Å². The quantitative estimate of drug-likeness (QED) is 0.461. The van der Waals surface area contributed by atoms with Crippen LogP contribution in [0.4, 0.5) is 0 Å². The Morgan fingerprint density at radius 1 is 0.967 bits per heavy atom. The fourth-order valence-electron chi connectivity index (χ4n) is 4.18. The molecule has 1 atom stereocenters. The van der Waals surface area contributed by atoms with E-state index in [-0.39, 0.29) is 12.0 Å². The van der Waals surface area contributed by atoms with E-state index in [0.29, 0.717) is 5.56 Å². The number of benzene rings is 2. The van der Waals surface area contributed by atoms with Gasteiger partial charge in [-0.3, -0.25) is 9.78 Å². The van der Waals surface area contributed by atoms with Gasteiger partial charge in [0.15, 0.2) is 11.5 Å². The first-order valence-electron chi connectivity index (χ1n) is 10.6. The van der Waals surface area contributed by atoms with Gasteiger partial charge < -0.3 is 9.47 Å². The van der Waals surface area contributed by atoms with Gasteiger partial charge in [-0.1, -0.05) is 30.3 Å². The van der Waals surface area contributed by atoms with Crippen LogP contribution in [0.1, 0.15) is 58.6 Å². The number of nitrogens with zero attached hydrogens (tertiary/aromatic N) is 1. The highest BCUT2D eigenvalue weighted by Crippen LogP contribution is 2.37. The molecular weight excluding hydrogens is 374 g/mol. The molecule has 1 heterocycles. The molecule has 0 unspecified atom stereocenters. The lowest BCUT2D eigenvalue weighted by atomic mass is 9.85. The van der Waals surface area contributed by atoms with E-state index in [9.17, 15) is 4.79 Å². The highest BCUT2D eigenvalue weighted by molar-refractivity contribution is 5.74. The SMILES string of the molecule is COc1ccc([C@H](Cc2ccncc2)c2ccc(C=O)cc2)cc1OC1CCCC1. The molecule has 0 N–H and O–H groups in total. The molecule has 3 aromatic rings. The predicted molar refractivity (Wildman–Crippen MR) is 117 cm³/mol. The van der Waals surface area contributed by atoms with Crippen molar-refractivity contribution < 1.29 is 14.3 Å². The molecule has 1 fully saturated rings. The molecule has 0 spiro atoms. The van der Waals surface area contributed by atoms with Crippen molar-refractivity contribution in [3.05, 3.63) is 89.2 Å². The molecule has 2 aromatic carbocycles. The summed E-state index contributed by atoms with van der Waals surface area (Å²) >= 11 is 0. The third kappa shape index (κ3) is 4.70. The van der Waals surface area contributed by atoms with E-state index in [2.05, 4.69) is 17.1 Å². The van der Waals surface area contributed by atoms with Crippen molar-refractivity contribution in [2.75, 3.05) is 7.11 Å². The predicted octanol–water partition coefficient (Wildman–Crippen LogP) is 5.60. The van der Waals surface area contributed by atoms with Gasteiger partial charge in [-0.25, -0.2) is 0 Å². The van der Waals surface area contributed by atoms with Crippen molar-refractivity contribution in [3.8, 4) is 11.5 Å². The van der Waals surface area contributed by atoms with Crippen molar-refractivity contribution in [2.45, 2.75) is 44.1 Å². The van der Waals surface area contributed by atoms with Crippen LogP contribution < -0.4 is 9.47 Å². The van der Waals surface area contributed by atoms with E-state index in [4.69, 9.17) is 9.47 Å². The zero-order valence-electron chi connectivity index (χ0n) is 17.3. The second-order valence-electron chi connectivity index (χ2n) is 7.83. The van der Waals surface area contributed by atoms with Gasteiger partial charge in [0.2, 0.25) is 0 Å². The second-order valence-corrected chi connectivity index (χ2v) is 7.83. The molecule has 30 heavy (non-hydrogen) atoms. The zero-order chi connectivity index (χ0) is 20.8. The van der Waals surface area contributed by atoms with Crippen LogP contribution in [0.15, 0.2) is 67.0 Å². The zero-order valence-corrected chi connectivity index (χ0v) is 17.3. The number of aromatic nitrogens is 1. The maximum atomic E-state index is 11.1. The normalized spacial score (nSPS) is 15.0. The van der Waals surface area contributed by atoms with Crippen LogP contribution in [0.2, 0.25) is 0 Å². The van der Waals surface area contributed by atoms with Crippen LogP contribution in [0.5, 0.6) is 11.5 Å². The number of hydrogen-bond donors (Lipinski definition) is 0. The summed E-state index contributed by atoms with van der Waals surface area (Å²) in [6.45, 7) is 0. The molecule has 4 rings (SSSR count). The van der Waals surface area contributed by atoms with E-state index < -0.39 is 0 Å². The summed E-state index contributed by atoms with van der Waals surface area (Å²) in [6.07, 6.45) is 10.3. The molecular formula is C26H27NO3. The van der Waals surface area contributed by atoms with Crippen molar-refractivity contribution in [3.63, 3.8) is 0 Å². The third-order valence-electron chi connectivity index (χ3n) is 5.85. The van der Waals surface area contributed by atoms with Gasteiger partial charge in [0.25, 0.3) is 0 Å². The first-order valence-corrected chi connectivity index (χ1v) is 10.6. The summed E-state index contributed by atoms with van der Waals surface area (Å²) in [5.74, 6) is 1.71. The van der Waals surface area contributed by atoms with E-state index in [1.54, 1.807) is 7.11 Å². The van der Waals surface area contributed by atoms with Gasteiger partial charge >= 0.3 is 0 Å². The van der Waals surface area contributed by atoms with Crippen LogP contribution in [0, 0.1) is 0 Å². The Balaban J connectivity index is 1.70. The molecule has 1 saturated carbocycles. The minimum atomic E-state index is 0.130. The number of hydrogen-bond acceptors (Lipinski definition) is 4. The Bertz CT molecular complexity index is 963. The van der Waals surface area contributed by atoms with Crippen LogP contribution in [-0.2, 0) is 6.42 Å². The van der Waals surface area contributed by atoms with E-state index in [1.165, 1.54) is 24.0 Å². The smallest absolute Gasteiger partial charge is 0.161 e. The molecule has 0 radical (unpaired) electrons. The largest absolute Gasteiger partial charge is 0.493 e. The first kappa shape index (κ1) is 20.1. The first-order chi connectivity index (χ1) is 14.8. The van der Waals surface area contributed by atoms with Gasteiger partial charge in [-0.2, -0.15) is 0 Å². The van der Waals surface area contributed by atoms with Crippen molar-refractivity contribution in [1.29, 1.82) is 0 Å². The minimum absolute atomic E-state index is 0.130. The maximum absolute atomic E-state index is 11.1. The van der Waals surface area contributed by atoms with Gasteiger partial charge in [-0.05, 0) is 73.1 Å². The molecule has 1 aliphatic carbocycles. The Morgan fingerprint density at radius 3 is 2.33 bits per heavy atom. The lowest BCUT2D eigenvalue weighted by molar-refractivity contribution is 0.112. The lowest BCUT2D eigenvalue weighted by Gasteiger charge is -2.22. The number of methoxy groups -OCH3 is 1. The molecule has 154 valence electrons. The molecule has 4 nitrogen and oxygen atoms in total. The Labute approximate surface area is 177 Å². The van der Waals surface area contributed by atoms with Crippen LogP contribution >= 0.6 is 0 Å². The molecule has 0 bridgehead atoms. The number of pyridine rings is 1. The van der Waals surface area contributed by atoms with Gasteiger partial charge in [0.05, 0.1) is 13.2 Å². The average Bonchev–Trinajstić information content (AvgIpc) is 3.31. The summed E-state index contributed by atoms with van der Waals surface area (Å²) in [5.41, 5.74) is 4.22. The standard InChI is InChI=1S/C26H27NO3/c1-29-25-11-10-22(17-26(25)30-23-4-2-3-5-23)24(16-19-12-14-27-15-13-19)21-8-6-20(18-28)7-9-21/h6-15,17-18,23-24H,2-5,16H2,1H3/t24-/m1/s1.